The molecule has 224 valence electrons. The zero-order chi connectivity index (χ0) is 29.9. The molecule has 0 saturated carbocycles. The molecule has 1 N–H and O–H groups in total. The molecule has 1 amide bonds. The number of carbonyl (C=O) groups is 1. The van der Waals surface area contributed by atoms with Crippen molar-refractivity contribution in [1.82, 2.24) is 15.0 Å². The minimum Gasteiger partial charge on any atom is -0.497 e. The lowest BCUT2D eigenvalue weighted by atomic mass is 10.0. The molecule has 0 spiro atoms. The van der Waals surface area contributed by atoms with Crippen LogP contribution in [0.15, 0.2) is 40.9 Å². The van der Waals surface area contributed by atoms with Gasteiger partial charge in [0.25, 0.3) is 0 Å². The number of aliphatic hydroxyl groups is 1. The summed E-state index contributed by atoms with van der Waals surface area (Å²) in [5.41, 5.74) is 6.31. The van der Waals surface area contributed by atoms with Crippen molar-refractivity contribution in [3.05, 3.63) is 70.2 Å². The molecule has 3 heterocycles. The lowest BCUT2D eigenvalue weighted by molar-refractivity contribution is -0.137. The molecular formula is C32H44FN3O5. The maximum absolute atomic E-state index is 13.2. The van der Waals surface area contributed by atoms with Gasteiger partial charge in [-0.25, -0.2) is 4.39 Å². The third kappa shape index (κ3) is 8.61. The number of ether oxygens (including phenoxy) is 2. The highest BCUT2D eigenvalue weighted by Crippen LogP contribution is 2.30. The van der Waals surface area contributed by atoms with Crippen LogP contribution in [0.1, 0.15) is 47.3 Å². The molecule has 2 aromatic carbocycles. The first-order chi connectivity index (χ1) is 19.8. The molecule has 2 aliphatic heterocycles. The Morgan fingerprint density at radius 3 is 2.41 bits per heavy atom. The molecule has 0 radical (unpaired) electrons. The van der Waals surface area contributed by atoms with Crippen molar-refractivity contribution < 1.29 is 28.3 Å². The highest BCUT2D eigenvalue weighted by molar-refractivity contribution is 5.78. The number of hydrogen-bond donors (Lipinski definition) is 1. The SMILES string of the molecule is CN1CCCCC1COCC(=O)N1CCc2onc(-c3ccc(F)cc3)c2C1.CO.COc1cc(C)c(C)c(C)c1. The van der Waals surface area contributed by atoms with E-state index < -0.39 is 0 Å². The number of benzene rings is 2. The van der Waals surface area contributed by atoms with Crippen LogP contribution in [0.5, 0.6) is 5.75 Å². The molecule has 5 rings (SSSR count). The van der Waals surface area contributed by atoms with Crippen molar-refractivity contribution in [1.29, 1.82) is 0 Å². The van der Waals surface area contributed by atoms with Gasteiger partial charge in [0.2, 0.25) is 5.91 Å². The summed E-state index contributed by atoms with van der Waals surface area (Å²) in [6.07, 6.45) is 4.21. The number of fused-ring (bicyclic) bond motifs is 1. The summed E-state index contributed by atoms with van der Waals surface area (Å²) in [7, 11) is 4.81. The molecule has 1 aromatic heterocycles. The molecule has 3 aromatic rings. The Morgan fingerprint density at radius 2 is 1.78 bits per heavy atom. The fourth-order valence-corrected chi connectivity index (χ4v) is 5.10. The molecule has 1 saturated heterocycles. The number of likely N-dealkylation sites (N-methyl/N-ethyl adjacent to an activating group) is 1. The van der Waals surface area contributed by atoms with Gasteiger partial charge >= 0.3 is 0 Å². The largest absolute Gasteiger partial charge is 0.497 e. The number of halogens is 1. The minimum absolute atomic E-state index is 0.0182. The third-order valence-corrected chi connectivity index (χ3v) is 7.89. The third-order valence-electron chi connectivity index (χ3n) is 7.89. The van der Waals surface area contributed by atoms with E-state index >= 15 is 0 Å². The smallest absolute Gasteiger partial charge is 0.248 e. The van der Waals surface area contributed by atoms with Crippen LogP contribution in [-0.4, -0.2) is 79.6 Å². The van der Waals surface area contributed by atoms with Crippen molar-refractivity contribution >= 4 is 5.91 Å². The molecule has 0 aliphatic carbocycles. The Kier molecular flexibility index (Phi) is 12.3. The summed E-state index contributed by atoms with van der Waals surface area (Å²) < 4.78 is 29.5. The van der Waals surface area contributed by atoms with Crippen molar-refractivity contribution in [2.45, 2.75) is 59.0 Å². The molecular weight excluding hydrogens is 525 g/mol. The fraction of sp³-hybridized carbons (Fsp3) is 0.500. The van der Waals surface area contributed by atoms with Gasteiger partial charge in [-0.05, 0) is 100 Å². The average molecular weight is 570 g/mol. The van der Waals surface area contributed by atoms with E-state index in [2.05, 4.69) is 50.0 Å². The Labute approximate surface area is 243 Å². The van der Waals surface area contributed by atoms with Gasteiger partial charge in [-0.2, -0.15) is 0 Å². The van der Waals surface area contributed by atoms with E-state index in [0.717, 1.165) is 42.7 Å². The Morgan fingerprint density at radius 1 is 1.10 bits per heavy atom. The fourth-order valence-electron chi connectivity index (χ4n) is 5.10. The van der Waals surface area contributed by atoms with Gasteiger partial charge in [0.1, 0.15) is 29.6 Å². The van der Waals surface area contributed by atoms with Crippen molar-refractivity contribution in [3.63, 3.8) is 0 Å². The highest BCUT2D eigenvalue weighted by Gasteiger charge is 2.28. The number of piperidine rings is 1. The first-order valence-electron chi connectivity index (χ1n) is 14.1. The predicted octanol–water partition coefficient (Wildman–Crippen LogP) is 5.10. The lowest BCUT2D eigenvalue weighted by Crippen LogP contribution is -2.41. The van der Waals surface area contributed by atoms with Crippen LogP contribution in [0.4, 0.5) is 4.39 Å². The van der Waals surface area contributed by atoms with Crippen LogP contribution >= 0.6 is 0 Å². The van der Waals surface area contributed by atoms with Gasteiger partial charge in [0.15, 0.2) is 0 Å². The van der Waals surface area contributed by atoms with Crippen LogP contribution in [0.2, 0.25) is 0 Å². The van der Waals surface area contributed by atoms with E-state index in [1.54, 1.807) is 24.1 Å². The summed E-state index contributed by atoms with van der Waals surface area (Å²) in [5, 5.41) is 11.2. The number of amides is 1. The zero-order valence-electron chi connectivity index (χ0n) is 25.2. The molecule has 1 atom stereocenters. The van der Waals surface area contributed by atoms with E-state index in [1.165, 1.54) is 41.7 Å². The van der Waals surface area contributed by atoms with Crippen molar-refractivity contribution in [2.24, 2.45) is 0 Å². The second-order valence-corrected chi connectivity index (χ2v) is 10.5. The van der Waals surface area contributed by atoms with Crippen LogP contribution < -0.4 is 4.74 Å². The van der Waals surface area contributed by atoms with E-state index in [4.69, 9.17) is 19.1 Å². The Bertz CT molecular complexity index is 1240. The molecule has 1 unspecified atom stereocenters. The number of aromatic nitrogens is 1. The standard InChI is InChI=1S/C21H26FN3O3.C10H14O.CH4O/c1-24-10-3-2-4-17(24)13-27-14-20(26)25-11-9-19-18(12-25)21(23-28-19)15-5-7-16(22)8-6-15;1-7-5-10(11-4)6-8(2)9(7)3;1-2/h5-8,17H,2-4,9-14H2,1H3;5-6H,1-4H3;2H,1H3. The predicted molar refractivity (Wildman–Crippen MR) is 157 cm³/mol. The van der Waals surface area contributed by atoms with Gasteiger partial charge < -0.3 is 28.9 Å². The van der Waals surface area contributed by atoms with E-state index in [1.807, 2.05) is 0 Å². The van der Waals surface area contributed by atoms with Crippen LogP contribution in [-0.2, 0) is 22.5 Å². The van der Waals surface area contributed by atoms with Gasteiger partial charge in [0.05, 0.1) is 20.3 Å². The maximum Gasteiger partial charge on any atom is 0.248 e. The first-order valence-corrected chi connectivity index (χ1v) is 14.1. The number of likely N-dealkylation sites (tertiary alicyclic amines) is 1. The number of aliphatic hydroxyl groups excluding tert-OH is 1. The second kappa shape index (κ2) is 15.7. The number of aryl methyl sites for hydroxylation is 2. The van der Waals surface area contributed by atoms with E-state index in [9.17, 15) is 9.18 Å². The van der Waals surface area contributed by atoms with Gasteiger partial charge in [0, 0.05) is 37.2 Å². The Balaban J connectivity index is 0.000000299. The molecule has 0 bridgehead atoms. The average Bonchev–Trinajstić information content (AvgIpc) is 3.41. The molecule has 9 heteroatoms. The van der Waals surface area contributed by atoms with Crippen LogP contribution in [0.3, 0.4) is 0 Å². The highest BCUT2D eigenvalue weighted by atomic mass is 19.1. The number of methoxy groups -OCH3 is 1. The summed E-state index contributed by atoms with van der Waals surface area (Å²) in [6.45, 7) is 9.15. The topological polar surface area (TPSA) is 88.3 Å². The van der Waals surface area contributed by atoms with E-state index in [-0.39, 0.29) is 18.3 Å². The molecule has 2 aliphatic rings. The van der Waals surface area contributed by atoms with Crippen molar-refractivity contribution in [2.75, 3.05) is 47.6 Å². The van der Waals surface area contributed by atoms with E-state index in [0.29, 0.717) is 37.9 Å². The Hall–Kier alpha value is -3.27. The second-order valence-electron chi connectivity index (χ2n) is 10.5. The number of nitrogens with zero attached hydrogens (tertiary/aromatic N) is 3. The summed E-state index contributed by atoms with van der Waals surface area (Å²) in [5.74, 6) is 1.44. The minimum atomic E-state index is -0.293. The molecule has 8 nitrogen and oxygen atoms in total. The van der Waals surface area contributed by atoms with Crippen LogP contribution in [0, 0.1) is 26.6 Å². The van der Waals surface area contributed by atoms with Crippen molar-refractivity contribution in [3.8, 4) is 17.0 Å². The zero-order valence-corrected chi connectivity index (χ0v) is 25.2. The summed E-state index contributed by atoms with van der Waals surface area (Å²) in [6, 6.07) is 10.7. The number of hydrogen-bond acceptors (Lipinski definition) is 7. The first kappa shape index (κ1) is 32.2. The number of rotatable bonds is 6. The summed E-state index contributed by atoms with van der Waals surface area (Å²) >= 11 is 0. The molecule has 41 heavy (non-hydrogen) atoms. The van der Waals surface area contributed by atoms with Crippen LogP contribution in [0.25, 0.3) is 11.3 Å². The summed E-state index contributed by atoms with van der Waals surface area (Å²) in [4.78, 5) is 16.7. The number of carbonyl (C=O) groups excluding carboxylic acids is 1. The molecule has 1 fully saturated rings. The van der Waals surface area contributed by atoms with Gasteiger partial charge in [-0.3, -0.25) is 4.79 Å². The maximum atomic E-state index is 13.2. The lowest BCUT2D eigenvalue weighted by Gasteiger charge is -2.32. The van der Waals surface area contributed by atoms with Gasteiger partial charge in [-0.1, -0.05) is 11.6 Å². The van der Waals surface area contributed by atoms with Gasteiger partial charge in [-0.15, -0.1) is 0 Å². The quantitative estimate of drug-likeness (QED) is 0.442. The monoisotopic (exact) mass is 569 g/mol. The normalized spacial score (nSPS) is 16.6.